The minimum absolute atomic E-state index is 0.0704. The molecular weight excluding hydrogens is 232 g/mol. The van der Waals surface area contributed by atoms with Crippen molar-refractivity contribution in [2.75, 3.05) is 0 Å². The Kier molecular flexibility index (Phi) is 3.76. The lowest BCUT2D eigenvalue weighted by atomic mass is 10.0. The number of aromatic hydroxyl groups is 1. The molecule has 90 valence electrons. The van der Waals surface area contributed by atoms with Crippen LogP contribution in [-0.4, -0.2) is 16.1 Å². The smallest absolute Gasteiger partial charge is 0.115 e. The molecule has 1 heterocycles. The summed E-state index contributed by atoms with van der Waals surface area (Å²) in [6.07, 6.45) is 1.60. The van der Waals surface area contributed by atoms with E-state index in [1.165, 1.54) is 0 Å². The zero-order chi connectivity index (χ0) is 12.3. The molecule has 0 aliphatic heterocycles. The van der Waals surface area contributed by atoms with Crippen LogP contribution in [0.2, 0.25) is 0 Å². The van der Waals surface area contributed by atoms with Gasteiger partial charge in [0, 0.05) is 17.8 Å². The number of hydrogen-bond donors (Lipinski definition) is 2. The summed E-state index contributed by atoms with van der Waals surface area (Å²) in [5.74, 6) is 0.289. The number of benzene rings is 1. The summed E-state index contributed by atoms with van der Waals surface area (Å²) < 4.78 is 0. The molecule has 0 fully saturated rings. The Morgan fingerprint density at radius 1 is 1.29 bits per heavy atom. The van der Waals surface area contributed by atoms with Crippen LogP contribution in [0.25, 0.3) is 0 Å². The minimum Gasteiger partial charge on any atom is -0.508 e. The Bertz CT molecular complexity index is 478. The maximum atomic E-state index is 9.19. The van der Waals surface area contributed by atoms with Gasteiger partial charge in [0.15, 0.2) is 0 Å². The van der Waals surface area contributed by atoms with Gasteiger partial charge in [-0.25, -0.2) is 4.98 Å². The summed E-state index contributed by atoms with van der Waals surface area (Å²) >= 11 is 1.65. The Morgan fingerprint density at radius 3 is 2.59 bits per heavy atom. The van der Waals surface area contributed by atoms with E-state index in [1.807, 2.05) is 19.1 Å². The normalized spacial score (nSPS) is 12.6. The van der Waals surface area contributed by atoms with E-state index in [2.05, 4.69) is 10.4 Å². The van der Waals surface area contributed by atoms with Crippen molar-refractivity contribution >= 4 is 11.3 Å². The highest BCUT2D eigenvalue weighted by Crippen LogP contribution is 2.13. The average molecular weight is 248 g/mol. The van der Waals surface area contributed by atoms with Crippen molar-refractivity contribution in [2.45, 2.75) is 25.8 Å². The quantitative estimate of drug-likeness (QED) is 0.872. The van der Waals surface area contributed by atoms with Gasteiger partial charge < -0.3 is 10.8 Å². The number of aryl methyl sites for hydroxylation is 1. The number of phenolic OH excluding ortho intramolecular Hbond substituents is 1. The first-order valence-corrected chi connectivity index (χ1v) is 6.46. The van der Waals surface area contributed by atoms with Crippen LogP contribution in [0.5, 0.6) is 5.75 Å². The van der Waals surface area contributed by atoms with Crippen LogP contribution in [0.3, 0.4) is 0 Å². The van der Waals surface area contributed by atoms with Crippen molar-refractivity contribution in [1.29, 1.82) is 0 Å². The predicted octanol–water partition coefficient (Wildman–Crippen LogP) is 2.27. The number of thiazole rings is 1. The molecule has 0 aliphatic carbocycles. The summed E-state index contributed by atoms with van der Waals surface area (Å²) in [5.41, 5.74) is 8.30. The molecule has 1 aromatic carbocycles. The Hall–Kier alpha value is -1.39. The van der Waals surface area contributed by atoms with E-state index in [0.717, 1.165) is 29.1 Å². The molecule has 0 aliphatic rings. The molecule has 4 heteroatoms. The molecule has 0 spiro atoms. The zero-order valence-corrected chi connectivity index (χ0v) is 10.6. The highest BCUT2D eigenvalue weighted by molar-refractivity contribution is 7.09. The van der Waals surface area contributed by atoms with Gasteiger partial charge in [-0.3, -0.25) is 0 Å². The van der Waals surface area contributed by atoms with Gasteiger partial charge in [0.2, 0.25) is 0 Å². The highest BCUT2D eigenvalue weighted by atomic mass is 32.1. The molecule has 0 saturated carbocycles. The first-order valence-electron chi connectivity index (χ1n) is 5.58. The van der Waals surface area contributed by atoms with Crippen LogP contribution in [0.1, 0.15) is 16.3 Å². The summed E-state index contributed by atoms with van der Waals surface area (Å²) in [5, 5.41) is 12.3. The molecule has 0 amide bonds. The monoisotopic (exact) mass is 248 g/mol. The van der Waals surface area contributed by atoms with Crippen LogP contribution in [0.15, 0.2) is 29.6 Å². The van der Waals surface area contributed by atoms with Crippen LogP contribution in [0.4, 0.5) is 0 Å². The van der Waals surface area contributed by atoms with E-state index >= 15 is 0 Å². The van der Waals surface area contributed by atoms with Crippen molar-refractivity contribution in [1.82, 2.24) is 4.98 Å². The fourth-order valence-electron chi connectivity index (χ4n) is 1.78. The molecule has 2 aromatic rings. The third-order valence-corrected chi connectivity index (χ3v) is 3.39. The van der Waals surface area contributed by atoms with Crippen LogP contribution >= 0.6 is 11.3 Å². The zero-order valence-electron chi connectivity index (χ0n) is 9.76. The first kappa shape index (κ1) is 12.1. The number of aromatic nitrogens is 1. The van der Waals surface area contributed by atoms with E-state index in [9.17, 15) is 5.11 Å². The van der Waals surface area contributed by atoms with Crippen molar-refractivity contribution in [3.05, 3.63) is 45.9 Å². The fraction of sp³-hybridized carbons (Fsp3) is 0.308. The molecule has 0 saturated heterocycles. The highest BCUT2D eigenvalue weighted by Gasteiger charge is 2.07. The number of hydrogen-bond acceptors (Lipinski definition) is 4. The second-order valence-electron chi connectivity index (χ2n) is 4.19. The second kappa shape index (κ2) is 5.29. The van der Waals surface area contributed by atoms with Crippen molar-refractivity contribution in [3.63, 3.8) is 0 Å². The van der Waals surface area contributed by atoms with Crippen molar-refractivity contribution in [3.8, 4) is 5.75 Å². The lowest BCUT2D eigenvalue weighted by Crippen LogP contribution is -2.25. The third kappa shape index (κ3) is 3.54. The number of rotatable bonds is 4. The Balaban J connectivity index is 1.93. The topological polar surface area (TPSA) is 59.1 Å². The van der Waals surface area contributed by atoms with Gasteiger partial charge in [-0.2, -0.15) is 0 Å². The van der Waals surface area contributed by atoms with E-state index in [1.54, 1.807) is 23.5 Å². The number of phenols is 1. The second-order valence-corrected chi connectivity index (χ2v) is 5.25. The van der Waals surface area contributed by atoms with Gasteiger partial charge in [0.25, 0.3) is 0 Å². The molecule has 1 aromatic heterocycles. The summed E-state index contributed by atoms with van der Waals surface area (Å²) in [7, 11) is 0. The molecular formula is C13H16N2OS. The lowest BCUT2D eigenvalue weighted by molar-refractivity contribution is 0.475. The molecule has 0 bridgehead atoms. The fourth-order valence-corrected chi connectivity index (χ4v) is 2.40. The van der Waals surface area contributed by atoms with Crippen LogP contribution in [-0.2, 0) is 12.8 Å². The summed E-state index contributed by atoms with van der Waals surface area (Å²) in [4.78, 5) is 4.40. The molecule has 0 radical (unpaired) electrons. The molecule has 2 rings (SSSR count). The average Bonchev–Trinajstić information content (AvgIpc) is 2.67. The maximum absolute atomic E-state index is 9.19. The summed E-state index contributed by atoms with van der Waals surface area (Å²) in [6.45, 7) is 2.00. The van der Waals surface area contributed by atoms with E-state index < -0.39 is 0 Å². The Morgan fingerprint density at radius 2 is 2.00 bits per heavy atom. The largest absolute Gasteiger partial charge is 0.508 e. The van der Waals surface area contributed by atoms with Gasteiger partial charge in [-0.05, 0) is 31.0 Å². The van der Waals surface area contributed by atoms with E-state index in [4.69, 9.17) is 5.73 Å². The maximum Gasteiger partial charge on any atom is 0.115 e. The summed E-state index contributed by atoms with van der Waals surface area (Å²) in [6, 6.07) is 7.26. The van der Waals surface area contributed by atoms with Crippen LogP contribution in [0, 0.1) is 6.92 Å². The molecule has 3 nitrogen and oxygen atoms in total. The number of nitrogens with zero attached hydrogens (tertiary/aromatic N) is 1. The van der Waals surface area contributed by atoms with Gasteiger partial charge >= 0.3 is 0 Å². The first-order chi connectivity index (χ1) is 8.13. The van der Waals surface area contributed by atoms with Gasteiger partial charge in [-0.15, -0.1) is 11.3 Å². The van der Waals surface area contributed by atoms with E-state index in [-0.39, 0.29) is 11.8 Å². The Labute approximate surface area is 105 Å². The standard InChI is InChI=1S/C13H16N2OS/c1-9-15-12(8-17-9)7-11(14)6-10-2-4-13(16)5-3-10/h2-5,8,11,16H,6-7,14H2,1H3. The predicted molar refractivity (Wildman–Crippen MR) is 70.3 cm³/mol. The SMILES string of the molecule is Cc1nc(CC(N)Cc2ccc(O)cc2)cs1. The minimum atomic E-state index is 0.0704. The third-order valence-electron chi connectivity index (χ3n) is 2.57. The van der Waals surface area contributed by atoms with Gasteiger partial charge in [0.05, 0.1) is 10.7 Å². The number of nitrogens with two attached hydrogens (primary N) is 1. The molecule has 3 N–H and O–H groups in total. The van der Waals surface area contributed by atoms with Crippen LogP contribution < -0.4 is 5.73 Å². The molecule has 17 heavy (non-hydrogen) atoms. The van der Waals surface area contributed by atoms with E-state index in [0.29, 0.717) is 0 Å². The van der Waals surface area contributed by atoms with Crippen molar-refractivity contribution < 1.29 is 5.11 Å². The molecule has 1 unspecified atom stereocenters. The van der Waals surface area contributed by atoms with Gasteiger partial charge in [0.1, 0.15) is 5.75 Å². The van der Waals surface area contributed by atoms with Gasteiger partial charge in [-0.1, -0.05) is 12.1 Å². The lowest BCUT2D eigenvalue weighted by Gasteiger charge is -2.10. The van der Waals surface area contributed by atoms with Crippen molar-refractivity contribution in [2.24, 2.45) is 5.73 Å². The molecule has 1 atom stereocenters.